The number of nitrogens with one attached hydrogen (secondary N) is 1. The van der Waals surface area contributed by atoms with Gasteiger partial charge in [-0.05, 0) is 76.3 Å². The number of alkyl carbamates (subject to hydrolysis) is 1. The minimum Gasteiger partial charge on any atom is -0.444 e. The van der Waals surface area contributed by atoms with Crippen LogP contribution in [0, 0.1) is 13.8 Å². The van der Waals surface area contributed by atoms with Crippen molar-refractivity contribution in [3.63, 3.8) is 0 Å². The molecule has 2 heterocycles. The molecule has 0 spiro atoms. The molecule has 6 nitrogen and oxygen atoms in total. The van der Waals surface area contributed by atoms with E-state index in [-0.39, 0.29) is 0 Å². The van der Waals surface area contributed by atoms with Crippen molar-refractivity contribution in [2.24, 2.45) is 12.0 Å². The standard InChI is InChI=1S/C26H34N4O2/c1-18-15-20(11-12-21(18)16-27-25(31)32-26(3,4)5)24-10-8-7-9-23(28-24)14-13-22-17-30(6)29-19(22)2/h7-8,10-12,15,17H,9,13-14,16H2,1-6H3,(H,27,31). The molecule has 0 saturated carbocycles. The van der Waals surface area contributed by atoms with E-state index in [1.807, 2.05) is 38.6 Å². The van der Waals surface area contributed by atoms with Crippen LogP contribution in [-0.2, 0) is 24.8 Å². The second-order valence-corrected chi connectivity index (χ2v) is 9.27. The fourth-order valence-corrected chi connectivity index (χ4v) is 3.64. The molecule has 6 heteroatoms. The van der Waals surface area contributed by atoms with Crippen molar-refractivity contribution in [3.05, 3.63) is 70.6 Å². The van der Waals surface area contributed by atoms with Crippen molar-refractivity contribution in [1.82, 2.24) is 15.1 Å². The van der Waals surface area contributed by atoms with Gasteiger partial charge in [-0.15, -0.1) is 0 Å². The summed E-state index contributed by atoms with van der Waals surface area (Å²) >= 11 is 0. The van der Waals surface area contributed by atoms with Crippen LogP contribution in [0.5, 0.6) is 0 Å². The number of amides is 1. The molecule has 0 fully saturated rings. The second-order valence-electron chi connectivity index (χ2n) is 9.27. The fraction of sp³-hybridized carbons (Fsp3) is 0.423. The van der Waals surface area contributed by atoms with Crippen LogP contribution in [0.3, 0.4) is 0 Å². The Morgan fingerprint density at radius 1 is 1.19 bits per heavy atom. The lowest BCUT2D eigenvalue weighted by atomic mass is 10.0. The van der Waals surface area contributed by atoms with Gasteiger partial charge in [0, 0.05) is 37.5 Å². The minimum atomic E-state index is -0.506. The molecule has 1 aromatic heterocycles. The van der Waals surface area contributed by atoms with Crippen molar-refractivity contribution in [2.75, 3.05) is 0 Å². The largest absolute Gasteiger partial charge is 0.444 e. The van der Waals surface area contributed by atoms with Crippen LogP contribution in [0.25, 0.3) is 5.70 Å². The van der Waals surface area contributed by atoms with E-state index in [0.717, 1.165) is 47.3 Å². The van der Waals surface area contributed by atoms with Gasteiger partial charge in [-0.1, -0.05) is 24.3 Å². The Morgan fingerprint density at radius 2 is 1.97 bits per heavy atom. The number of rotatable bonds is 6. The third kappa shape index (κ3) is 6.67. The van der Waals surface area contributed by atoms with E-state index in [4.69, 9.17) is 9.73 Å². The summed E-state index contributed by atoms with van der Waals surface area (Å²) in [6.07, 6.45) is 10.7. The van der Waals surface area contributed by atoms with Gasteiger partial charge in [0.2, 0.25) is 0 Å². The molecule has 32 heavy (non-hydrogen) atoms. The highest BCUT2D eigenvalue weighted by Gasteiger charge is 2.16. The van der Waals surface area contributed by atoms with Gasteiger partial charge in [0.1, 0.15) is 5.60 Å². The van der Waals surface area contributed by atoms with Crippen molar-refractivity contribution in [3.8, 4) is 0 Å². The van der Waals surface area contributed by atoms with E-state index in [2.05, 4.69) is 60.8 Å². The van der Waals surface area contributed by atoms with E-state index < -0.39 is 11.7 Å². The zero-order valence-corrected chi connectivity index (χ0v) is 20.0. The first-order valence-electron chi connectivity index (χ1n) is 11.1. The number of carbonyl (C=O) groups is 1. The van der Waals surface area contributed by atoms with Crippen LogP contribution in [-0.4, -0.2) is 27.2 Å². The van der Waals surface area contributed by atoms with Gasteiger partial charge in [-0.2, -0.15) is 5.10 Å². The fourth-order valence-electron chi connectivity index (χ4n) is 3.64. The molecule has 0 bridgehead atoms. The maximum atomic E-state index is 11.9. The number of aliphatic imine (C=N–C) groups is 1. The van der Waals surface area contributed by atoms with Gasteiger partial charge in [-0.3, -0.25) is 9.67 Å². The summed E-state index contributed by atoms with van der Waals surface area (Å²) in [5.41, 5.74) is 7.22. The third-order valence-corrected chi connectivity index (χ3v) is 5.28. The van der Waals surface area contributed by atoms with E-state index >= 15 is 0 Å². The summed E-state index contributed by atoms with van der Waals surface area (Å²) in [5, 5.41) is 7.26. The Morgan fingerprint density at radius 3 is 2.62 bits per heavy atom. The molecule has 0 saturated heterocycles. The minimum absolute atomic E-state index is 0.407. The Bertz CT molecular complexity index is 1070. The molecule has 170 valence electrons. The lowest BCUT2D eigenvalue weighted by Crippen LogP contribution is -2.32. The number of nitrogens with zero attached hydrogens (tertiary/aromatic N) is 3. The predicted octanol–water partition coefficient (Wildman–Crippen LogP) is 5.44. The smallest absolute Gasteiger partial charge is 0.407 e. The van der Waals surface area contributed by atoms with Gasteiger partial charge in [0.15, 0.2) is 0 Å². The van der Waals surface area contributed by atoms with Crippen LogP contribution in [0.2, 0.25) is 0 Å². The first kappa shape index (κ1) is 23.5. The highest BCUT2D eigenvalue weighted by Crippen LogP contribution is 2.23. The summed E-state index contributed by atoms with van der Waals surface area (Å²) in [5.74, 6) is 0. The molecule has 0 unspecified atom stereocenters. The lowest BCUT2D eigenvalue weighted by molar-refractivity contribution is 0.0523. The number of carbonyl (C=O) groups excluding carboxylic acids is 1. The van der Waals surface area contributed by atoms with Gasteiger partial charge in [0.05, 0.1) is 11.4 Å². The van der Waals surface area contributed by atoms with E-state index in [0.29, 0.717) is 6.54 Å². The SMILES string of the molecule is Cc1cc(C2=CC=CCC(CCc3cn(C)nc3C)=N2)ccc1CNC(=O)OC(C)(C)C. The predicted molar refractivity (Wildman–Crippen MR) is 130 cm³/mol. The number of allylic oxidation sites excluding steroid dienone is 3. The van der Waals surface area contributed by atoms with Crippen molar-refractivity contribution < 1.29 is 9.53 Å². The lowest BCUT2D eigenvalue weighted by Gasteiger charge is -2.20. The summed E-state index contributed by atoms with van der Waals surface area (Å²) in [7, 11) is 1.96. The zero-order chi connectivity index (χ0) is 23.3. The van der Waals surface area contributed by atoms with Crippen molar-refractivity contribution in [1.29, 1.82) is 0 Å². The molecule has 1 amide bonds. The highest BCUT2D eigenvalue weighted by molar-refractivity contribution is 5.92. The topological polar surface area (TPSA) is 68.5 Å². The Kier molecular flexibility index (Phi) is 7.33. The normalized spacial score (nSPS) is 13.9. The molecule has 3 rings (SSSR count). The quantitative estimate of drug-likeness (QED) is 0.658. The molecule has 0 atom stereocenters. The monoisotopic (exact) mass is 434 g/mol. The van der Waals surface area contributed by atoms with Crippen molar-refractivity contribution >= 4 is 17.5 Å². The first-order valence-corrected chi connectivity index (χ1v) is 11.1. The van der Waals surface area contributed by atoms with Gasteiger partial charge in [-0.25, -0.2) is 4.79 Å². The highest BCUT2D eigenvalue weighted by atomic mass is 16.6. The number of hydrogen-bond donors (Lipinski definition) is 1. The first-order chi connectivity index (χ1) is 15.1. The maximum absolute atomic E-state index is 11.9. The number of benzene rings is 1. The van der Waals surface area contributed by atoms with Crippen LogP contribution >= 0.6 is 0 Å². The third-order valence-electron chi connectivity index (χ3n) is 5.28. The molecule has 1 aromatic carbocycles. The molecule has 1 N–H and O–H groups in total. The average molecular weight is 435 g/mol. The molecular weight excluding hydrogens is 400 g/mol. The van der Waals surface area contributed by atoms with E-state index in [1.54, 1.807) is 0 Å². The number of hydrogen-bond acceptors (Lipinski definition) is 4. The molecule has 1 aliphatic heterocycles. The molecule has 0 radical (unpaired) electrons. The van der Waals surface area contributed by atoms with Gasteiger partial charge < -0.3 is 10.1 Å². The molecule has 1 aliphatic rings. The van der Waals surface area contributed by atoms with Crippen LogP contribution in [0.15, 0.2) is 47.6 Å². The number of aryl methyl sites for hydroxylation is 4. The van der Waals surface area contributed by atoms with Crippen LogP contribution in [0.4, 0.5) is 4.79 Å². The molecule has 2 aromatic rings. The molecular formula is C26H34N4O2. The van der Waals surface area contributed by atoms with E-state index in [1.165, 1.54) is 11.3 Å². The van der Waals surface area contributed by atoms with Gasteiger partial charge >= 0.3 is 6.09 Å². The Hall–Kier alpha value is -3.15. The Labute approximate surface area is 191 Å². The summed E-state index contributed by atoms with van der Waals surface area (Å²) in [4.78, 5) is 16.9. The summed E-state index contributed by atoms with van der Waals surface area (Å²) < 4.78 is 7.19. The second kappa shape index (κ2) is 9.98. The number of aromatic nitrogens is 2. The molecule has 0 aliphatic carbocycles. The van der Waals surface area contributed by atoms with Gasteiger partial charge in [0.25, 0.3) is 0 Å². The summed E-state index contributed by atoms with van der Waals surface area (Å²) in [6, 6.07) is 6.24. The summed E-state index contributed by atoms with van der Waals surface area (Å²) in [6.45, 7) is 10.1. The van der Waals surface area contributed by atoms with Crippen molar-refractivity contribution in [2.45, 2.75) is 66.0 Å². The van der Waals surface area contributed by atoms with E-state index in [9.17, 15) is 4.79 Å². The zero-order valence-electron chi connectivity index (χ0n) is 20.0. The van der Waals surface area contributed by atoms with Crippen LogP contribution in [0.1, 0.15) is 61.6 Å². The maximum Gasteiger partial charge on any atom is 0.407 e. The average Bonchev–Trinajstić information content (AvgIpc) is 2.88. The number of ether oxygens (including phenoxy) is 1. The van der Waals surface area contributed by atoms with Crippen LogP contribution < -0.4 is 5.32 Å². The Balaban J connectivity index is 1.68.